The molecule has 1 saturated heterocycles. The summed E-state index contributed by atoms with van der Waals surface area (Å²) in [6, 6.07) is 14.3. The maximum atomic E-state index is 13.2. The molecule has 4 rings (SSSR count). The van der Waals surface area contributed by atoms with Crippen molar-refractivity contribution in [2.24, 2.45) is 11.7 Å². The predicted octanol–water partition coefficient (Wildman–Crippen LogP) is 3.59. The number of hydrogen-bond acceptors (Lipinski definition) is 3. The molecule has 0 spiro atoms. The first-order valence-corrected chi connectivity index (χ1v) is 8.96. The highest BCUT2D eigenvalue weighted by Crippen LogP contribution is 2.29. The molecule has 0 bridgehead atoms. The van der Waals surface area contributed by atoms with Crippen molar-refractivity contribution >= 4 is 27.6 Å². The Morgan fingerprint density at radius 3 is 2.64 bits per heavy atom. The minimum Gasteiger partial charge on any atom is -0.339 e. The van der Waals surface area contributed by atoms with Gasteiger partial charge in [-0.15, -0.1) is 0 Å². The van der Waals surface area contributed by atoms with Crippen molar-refractivity contribution in [3.05, 3.63) is 54.2 Å². The fraction of sp³-hybridized carbons (Fsp3) is 0.333. The highest BCUT2D eigenvalue weighted by Gasteiger charge is 2.27. The molecule has 1 amide bonds. The van der Waals surface area contributed by atoms with Gasteiger partial charge in [-0.2, -0.15) is 0 Å². The second-order valence-corrected chi connectivity index (χ2v) is 7.03. The van der Waals surface area contributed by atoms with Crippen LogP contribution in [0.25, 0.3) is 21.7 Å². The molecule has 3 aromatic rings. The number of rotatable bonds is 2. The number of aromatic nitrogens is 1. The van der Waals surface area contributed by atoms with Gasteiger partial charge in [0.25, 0.3) is 5.91 Å². The normalized spacial score (nSPS) is 17.1. The van der Waals surface area contributed by atoms with Crippen LogP contribution in [0.4, 0.5) is 0 Å². The van der Waals surface area contributed by atoms with Crippen molar-refractivity contribution in [1.82, 2.24) is 9.88 Å². The van der Waals surface area contributed by atoms with E-state index in [9.17, 15) is 4.79 Å². The van der Waals surface area contributed by atoms with E-state index in [4.69, 9.17) is 5.73 Å². The van der Waals surface area contributed by atoms with Crippen molar-refractivity contribution in [1.29, 1.82) is 0 Å². The van der Waals surface area contributed by atoms with Crippen molar-refractivity contribution in [3.63, 3.8) is 0 Å². The molecule has 1 fully saturated rings. The van der Waals surface area contributed by atoms with Gasteiger partial charge >= 0.3 is 0 Å². The number of carbonyl (C=O) groups excluding carboxylic acids is 1. The summed E-state index contributed by atoms with van der Waals surface area (Å²) in [7, 11) is 0. The van der Waals surface area contributed by atoms with Crippen LogP contribution < -0.4 is 5.73 Å². The zero-order valence-electron chi connectivity index (χ0n) is 14.5. The molecule has 128 valence electrons. The molecule has 4 heteroatoms. The van der Waals surface area contributed by atoms with Gasteiger partial charge in [-0.1, -0.05) is 30.3 Å². The van der Waals surface area contributed by atoms with E-state index in [-0.39, 0.29) is 11.9 Å². The van der Waals surface area contributed by atoms with E-state index in [1.165, 1.54) is 0 Å². The lowest BCUT2D eigenvalue weighted by atomic mass is 9.90. The SMILES string of the molecule is CC(N)C1CCN(C(=O)c2cc3ccccc3c3cccnc23)CC1. The van der Waals surface area contributed by atoms with E-state index >= 15 is 0 Å². The fourth-order valence-electron chi connectivity index (χ4n) is 3.89. The second kappa shape index (κ2) is 6.45. The van der Waals surface area contributed by atoms with Crippen LogP contribution in [-0.2, 0) is 0 Å². The number of piperidine rings is 1. The molecular weight excluding hydrogens is 310 g/mol. The Labute approximate surface area is 147 Å². The van der Waals surface area contributed by atoms with Gasteiger partial charge in [-0.3, -0.25) is 9.78 Å². The molecule has 0 saturated carbocycles. The van der Waals surface area contributed by atoms with Gasteiger partial charge in [0.05, 0.1) is 11.1 Å². The molecule has 4 nitrogen and oxygen atoms in total. The van der Waals surface area contributed by atoms with E-state index in [0.29, 0.717) is 11.5 Å². The van der Waals surface area contributed by atoms with E-state index in [1.54, 1.807) is 6.20 Å². The quantitative estimate of drug-likeness (QED) is 0.729. The smallest absolute Gasteiger partial charge is 0.256 e. The maximum absolute atomic E-state index is 13.2. The molecule has 1 atom stereocenters. The summed E-state index contributed by atoms with van der Waals surface area (Å²) in [4.78, 5) is 19.7. The van der Waals surface area contributed by atoms with Crippen LogP contribution >= 0.6 is 0 Å². The number of pyridine rings is 1. The highest BCUT2D eigenvalue weighted by molar-refractivity contribution is 6.15. The van der Waals surface area contributed by atoms with Gasteiger partial charge in [0, 0.05) is 30.7 Å². The average molecular weight is 333 g/mol. The lowest BCUT2D eigenvalue weighted by Gasteiger charge is -2.34. The van der Waals surface area contributed by atoms with Crippen LogP contribution in [0.2, 0.25) is 0 Å². The maximum Gasteiger partial charge on any atom is 0.256 e. The van der Waals surface area contributed by atoms with Crippen LogP contribution in [0.3, 0.4) is 0 Å². The Morgan fingerprint density at radius 2 is 1.88 bits per heavy atom. The molecule has 2 N–H and O–H groups in total. The minimum absolute atomic E-state index is 0.0811. The van der Waals surface area contributed by atoms with E-state index in [1.807, 2.05) is 35.2 Å². The topological polar surface area (TPSA) is 59.2 Å². The number of hydrogen-bond donors (Lipinski definition) is 1. The molecule has 2 aromatic carbocycles. The zero-order valence-corrected chi connectivity index (χ0v) is 14.5. The summed E-state index contributed by atoms with van der Waals surface area (Å²) in [5.41, 5.74) is 7.52. The van der Waals surface area contributed by atoms with E-state index in [2.05, 4.69) is 24.0 Å². The van der Waals surface area contributed by atoms with Crippen LogP contribution in [-0.4, -0.2) is 34.9 Å². The first-order chi connectivity index (χ1) is 12.1. The van der Waals surface area contributed by atoms with E-state index in [0.717, 1.165) is 47.6 Å². The van der Waals surface area contributed by atoms with Crippen molar-refractivity contribution in [2.75, 3.05) is 13.1 Å². The predicted molar refractivity (Wildman–Crippen MR) is 102 cm³/mol. The highest BCUT2D eigenvalue weighted by atomic mass is 16.2. The molecule has 25 heavy (non-hydrogen) atoms. The molecule has 0 radical (unpaired) electrons. The van der Waals surface area contributed by atoms with Crippen LogP contribution in [0.1, 0.15) is 30.1 Å². The monoisotopic (exact) mass is 333 g/mol. The Balaban J connectivity index is 1.74. The molecule has 2 heterocycles. The average Bonchev–Trinajstić information content (AvgIpc) is 2.67. The number of fused-ring (bicyclic) bond motifs is 3. The van der Waals surface area contributed by atoms with Crippen molar-refractivity contribution in [2.45, 2.75) is 25.8 Å². The second-order valence-electron chi connectivity index (χ2n) is 7.03. The van der Waals surface area contributed by atoms with Gasteiger partial charge in [0.15, 0.2) is 0 Å². The number of amides is 1. The fourth-order valence-corrected chi connectivity index (χ4v) is 3.89. The number of benzene rings is 2. The third-order valence-corrected chi connectivity index (χ3v) is 5.41. The van der Waals surface area contributed by atoms with Crippen LogP contribution in [0.5, 0.6) is 0 Å². The lowest BCUT2D eigenvalue weighted by Crippen LogP contribution is -2.42. The molecule has 1 aromatic heterocycles. The van der Waals surface area contributed by atoms with Crippen molar-refractivity contribution in [3.8, 4) is 0 Å². The summed E-state index contributed by atoms with van der Waals surface area (Å²) in [6.07, 6.45) is 3.71. The molecule has 1 aliphatic rings. The molecule has 1 aliphatic heterocycles. The van der Waals surface area contributed by atoms with Gasteiger partial charge in [-0.25, -0.2) is 0 Å². The first kappa shape index (κ1) is 16.0. The third-order valence-electron chi connectivity index (χ3n) is 5.41. The minimum atomic E-state index is 0.0811. The largest absolute Gasteiger partial charge is 0.339 e. The van der Waals surface area contributed by atoms with Crippen LogP contribution in [0, 0.1) is 5.92 Å². The molecular formula is C21H23N3O. The number of nitrogens with two attached hydrogens (primary N) is 1. The third kappa shape index (κ3) is 2.87. The van der Waals surface area contributed by atoms with Crippen molar-refractivity contribution < 1.29 is 4.79 Å². The summed E-state index contributed by atoms with van der Waals surface area (Å²) in [6.45, 7) is 3.60. The Hall–Kier alpha value is -2.46. The Morgan fingerprint density at radius 1 is 1.16 bits per heavy atom. The summed E-state index contributed by atoms with van der Waals surface area (Å²) in [5.74, 6) is 0.591. The number of likely N-dealkylation sites (tertiary alicyclic amines) is 1. The summed E-state index contributed by atoms with van der Waals surface area (Å²) >= 11 is 0. The van der Waals surface area contributed by atoms with Gasteiger partial charge in [-0.05, 0) is 48.6 Å². The lowest BCUT2D eigenvalue weighted by molar-refractivity contribution is 0.0683. The Bertz CT molecular complexity index is 927. The standard InChI is InChI=1S/C21H23N3O/c1-14(22)15-8-11-24(12-9-15)21(25)19-13-16-5-2-3-6-17(16)18-7-4-10-23-20(18)19/h2-7,10,13-15H,8-9,11-12,22H2,1H3. The van der Waals surface area contributed by atoms with Crippen LogP contribution in [0.15, 0.2) is 48.7 Å². The molecule has 1 unspecified atom stereocenters. The summed E-state index contributed by atoms with van der Waals surface area (Å²) < 4.78 is 0. The Kier molecular flexibility index (Phi) is 4.14. The van der Waals surface area contributed by atoms with Gasteiger partial charge in [0.2, 0.25) is 0 Å². The van der Waals surface area contributed by atoms with Gasteiger partial charge < -0.3 is 10.6 Å². The van der Waals surface area contributed by atoms with Gasteiger partial charge in [0.1, 0.15) is 0 Å². The summed E-state index contributed by atoms with van der Waals surface area (Å²) in [5, 5.41) is 3.25. The zero-order chi connectivity index (χ0) is 17.4. The number of carbonyl (C=O) groups is 1. The molecule has 0 aliphatic carbocycles. The van der Waals surface area contributed by atoms with E-state index < -0.39 is 0 Å². The first-order valence-electron chi connectivity index (χ1n) is 8.96. The number of nitrogens with zero attached hydrogens (tertiary/aromatic N) is 2.